The van der Waals surface area contributed by atoms with Gasteiger partial charge in [0.15, 0.2) is 0 Å². The monoisotopic (exact) mass is 457 g/mol. The molecule has 152 valence electrons. The molecule has 5 N–H and O–H groups in total. The first-order chi connectivity index (χ1) is 13.2. The molecule has 0 unspecified atom stereocenters. The molecule has 0 heterocycles. The zero-order valence-corrected chi connectivity index (χ0v) is 16.5. The molecule has 4 aromatic carbocycles. The first-order valence-corrected chi connectivity index (χ1v) is 12.0. The van der Waals surface area contributed by atoms with Crippen LogP contribution in [0.1, 0.15) is 0 Å². The fourth-order valence-electron chi connectivity index (χ4n) is 3.57. The molecule has 0 atom stereocenters. The highest BCUT2D eigenvalue weighted by Gasteiger charge is 2.27. The molecule has 0 radical (unpaired) electrons. The molecule has 0 bridgehead atoms. The lowest BCUT2D eigenvalue weighted by molar-refractivity contribution is 0.481. The molecule has 0 saturated heterocycles. The predicted molar refractivity (Wildman–Crippen MR) is 104 cm³/mol. The van der Waals surface area contributed by atoms with Crippen molar-refractivity contribution in [2.24, 2.45) is 0 Å². The van der Waals surface area contributed by atoms with Gasteiger partial charge in [0.25, 0.3) is 30.4 Å². The Balaban J connectivity index is 2.51. The first-order valence-electron chi connectivity index (χ1n) is 7.67. The van der Waals surface area contributed by atoms with Gasteiger partial charge in [-0.15, -0.1) is 0 Å². The van der Waals surface area contributed by atoms with E-state index in [0.717, 1.165) is 24.3 Å². The van der Waals surface area contributed by atoms with E-state index in [2.05, 4.69) is 0 Å². The van der Waals surface area contributed by atoms with Crippen LogP contribution in [0.3, 0.4) is 0 Å². The Labute approximate surface area is 164 Å². The Morgan fingerprint density at radius 3 is 1.72 bits per heavy atom. The van der Waals surface area contributed by atoms with E-state index in [9.17, 15) is 38.9 Å². The Hall–Kier alpha value is -2.55. The van der Waals surface area contributed by atoms with Crippen LogP contribution in [0.25, 0.3) is 32.3 Å². The van der Waals surface area contributed by atoms with E-state index in [1.807, 2.05) is 0 Å². The van der Waals surface area contributed by atoms with E-state index in [0.29, 0.717) is 0 Å². The number of hydrogen-bond acceptors (Lipinski definition) is 7. The van der Waals surface area contributed by atoms with E-state index in [-0.39, 0.29) is 38.0 Å². The predicted octanol–water partition coefficient (Wildman–Crippen LogP) is 1.91. The molecular formula is C16H11NO9S3. The molecule has 0 aliphatic rings. The van der Waals surface area contributed by atoms with E-state index in [1.54, 1.807) is 0 Å². The SMILES string of the molecule is Nc1ccc2cc(S(=O)(=O)O)c3ccc(S(=O)(=O)O)c4cc(S(=O)(=O)O)c1c2c34. The molecule has 0 aliphatic heterocycles. The van der Waals surface area contributed by atoms with Crippen molar-refractivity contribution in [2.75, 3.05) is 5.73 Å². The average Bonchev–Trinajstić information content (AvgIpc) is 2.57. The third-order valence-corrected chi connectivity index (χ3v) is 7.32. The van der Waals surface area contributed by atoms with Crippen LogP contribution in [0.5, 0.6) is 0 Å². The highest BCUT2D eigenvalue weighted by atomic mass is 32.2. The number of anilines is 1. The lowest BCUT2D eigenvalue weighted by Gasteiger charge is -2.18. The summed E-state index contributed by atoms with van der Waals surface area (Å²) in [5.74, 6) is 0. The summed E-state index contributed by atoms with van der Waals surface area (Å²) in [7, 11) is -14.5. The van der Waals surface area contributed by atoms with E-state index >= 15 is 0 Å². The van der Waals surface area contributed by atoms with Crippen molar-refractivity contribution in [1.82, 2.24) is 0 Å². The molecule has 13 heteroatoms. The molecule has 4 rings (SSSR count). The van der Waals surface area contributed by atoms with Crippen LogP contribution in [-0.4, -0.2) is 38.9 Å². The van der Waals surface area contributed by atoms with Crippen LogP contribution in [0.2, 0.25) is 0 Å². The van der Waals surface area contributed by atoms with Crippen LogP contribution in [0.4, 0.5) is 5.69 Å². The van der Waals surface area contributed by atoms with E-state index < -0.39 is 45.0 Å². The van der Waals surface area contributed by atoms with Gasteiger partial charge in [0, 0.05) is 32.6 Å². The molecule has 4 aromatic rings. The lowest BCUT2D eigenvalue weighted by Crippen LogP contribution is -2.07. The van der Waals surface area contributed by atoms with Crippen LogP contribution in [0.15, 0.2) is 51.1 Å². The average molecular weight is 457 g/mol. The fraction of sp³-hybridized carbons (Fsp3) is 0. The van der Waals surface area contributed by atoms with Crippen LogP contribution in [0, 0.1) is 0 Å². The largest absolute Gasteiger partial charge is 0.398 e. The maximum absolute atomic E-state index is 12.0. The number of nitrogens with two attached hydrogens (primary N) is 1. The summed E-state index contributed by atoms with van der Waals surface area (Å²) in [6, 6.07) is 6.39. The molecule has 0 aromatic heterocycles. The van der Waals surface area contributed by atoms with Gasteiger partial charge in [0.2, 0.25) is 0 Å². The van der Waals surface area contributed by atoms with E-state index in [4.69, 9.17) is 5.73 Å². The summed E-state index contributed by atoms with van der Waals surface area (Å²) in [6.45, 7) is 0. The maximum atomic E-state index is 12.0. The zero-order chi connectivity index (χ0) is 21.5. The minimum atomic E-state index is -4.90. The van der Waals surface area contributed by atoms with Gasteiger partial charge in [-0.05, 0) is 29.7 Å². The van der Waals surface area contributed by atoms with Crippen LogP contribution >= 0.6 is 0 Å². The third-order valence-electron chi connectivity index (χ3n) is 4.63. The Morgan fingerprint density at radius 2 is 1.17 bits per heavy atom. The minimum Gasteiger partial charge on any atom is -0.398 e. The summed E-state index contributed by atoms with van der Waals surface area (Å²) in [5, 5.41) is -0.566. The Kier molecular flexibility index (Phi) is 3.91. The van der Waals surface area contributed by atoms with Gasteiger partial charge >= 0.3 is 0 Å². The van der Waals surface area contributed by atoms with Crippen molar-refractivity contribution in [2.45, 2.75) is 14.7 Å². The zero-order valence-electron chi connectivity index (χ0n) is 14.1. The number of rotatable bonds is 3. The molecule has 0 spiro atoms. The van der Waals surface area contributed by atoms with Crippen molar-refractivity contribution in [3.05, 3.63) is 36.4 Å². The second-order valence-corrected chi connectivity index (χ2v) is 10.5. The van der Waals surface area contributed by atoms with Crippen molar-refractivity contribution in [3.8, 4) is 0 Å². The quantitative estimate of drug-likeness (QED) is 0.201. The highest BCUT2D eigenvalue weighted by molar-refractivity contribution is 7.86. The van der Waals surface area contributed by atoms with Crippen molar-refractivity contribution >= 4 is 68.4 Å². The molecule has 10 nitrogen and oxygen atoms in total. The summed E-state index contributed by atoms with van der Waals surface area (Å²) < 4.78 is 100. The second-order valence-electron chi connectivity index (χ2n) is 6.34. The van der Waals surface area contributed by atoms with Gasteiger partial charge in [-0.25, -0.2) is 0 Å². The molecule has 29 heavy (non-hydrogen) atoms. The van der Waals surface area contributed by atoms with Gasteiger partial charge in [0.05, 0.1) is 0 Å². The van der Waals surface area contributed by atoms with Gasteiger partial charge in [0.1, 0.15) is 14.7 Å². The summed E-state index contributed by atoms with van der Waals surface area (Å²) in [5.41, 5.74) is 5.82. The Bertz CT molecular complexity index is 1670. The third kappa shape index (κ3) is 2.90. The summed E-state index contributed by atoms with van der Waals surface area (Å²) in [4.78, 5) is -1.99. The number of benzene rings is 4. The number of nitrogen functional groups attached to an aromatic ring is 1. The molecular weight excluding hydrogens is 446 g/mol. The number of hydrogen-bond donors (Lipinski definition) is 4. The Morgan fingerprint density at radius 1 is 0.586 bits per heavy atom. The second kappa shape index (κ2) is 5.75. The fourth-order valence-corrected chi connectivity index (χ4v) is 5.72. The van der Waals surface area contributed by atoms with Gasteiger partial charge in [-0.1, -0.05) is 12.1 Å². The standard InChI is InChI=1S/C16H11NO9S3/c17-10-3-1-7-5-12(28(21,22)23)8-2-4-11(27(18,19)20)9-6-13(29(24,25)26)16(10)14(7)15(8)9/h1-6H,17H2,(H,18,19,20)(H,21,22,23)(H,24,25,26). The first kappa shape index (κ1) is 19.8. The van der Waals surface area contributed by atoms with Crippen LogP contribution in [-0.2, 0) is 30.4 Å². The van der Waals surface area contributed by atoms with E-state index in [1.165, 1.54) is 12.1 Å². The highest BCUT2D eigenvalue weighted by Crippen LogP contribution is 2.44. The minimum absolute atomic E-state index is 0.0445. The lowest BCUT2D eigenvalue weighted by atomic mass is 9.93. The molecule has 0 fully saturated rings. The molecule has 0 aliphatic carbocycles. The van der Waals surface area contributed by atoms with Crippen molar-refractivity contribution < 1.29 is 38.9 Å². The summed E-state index contributed by atoms with van der Waals surface area (Å²) in [6.07, 6.45) is 0. The summed E-state index contributed by atoms with van der Waals surface area (Å²) >= 11 is 0. The van der Waals surface area contributed by atoms with Gasteiger partial charge < -0.3 is 5.73 Å². The maximum Gasteiger partial charge on any atom is 0.295 e. The topological polar surface area (TPSA) is 189 Å². The molecule has 0 amide bonds. The van der Waals surface area contributed by atoms with Gasteiger partial charge in [-0.2, -0.15) is 25.3 Å². The van der Waals surface area contributed by atoms with Crippen molar-refractivity contribution in [3.63, 3.8) is 0 Å². The smallest absolute Gasteiger partial charge is 0.295 e. The normalized spacial score (nSPS) is 13.6. The van der Waals surface area contributed by atoms with Crippen LogP contribution < -0.4 is 5.73 Å². The van der Waals surface area contributed by atoms with Crippen molar-refractivity contribution in [1.29, 1.82) is 0 Å². The molecule has 0 saturated carbocycles. The van der Waals surface area contributed by atoms with Gasteiger partial charge in [-0.3, -0.25) is 13.7 Å².